The highest BCUT2D eigenvalue weighted by Gasteiger charge is 2.17. The van der Waals surface area contributed by atoms with Gasteiger partial charge in [-0.2, -0.15) is 0 Å². The molecule has 0 bridgehead atoms. The minimum absolute atomic E-state index is 0.327. The van der Waals surface area contributed by atoms with Crippen LogP contribution in [0.1, 0.15) is 31.4 Å². The zero-order valence-electron chi connectivity index (χ0n) is 16.3. The second-order valence-corrected chi connectivity index (χ2v) is 6.31. The summed E-state index contributed by atoms with van der Waals surface area (Å²) in [4.78, 5) is 16.5. The summed E-state index contributed by atoms with van der Waals surface area (Å²) in [6.45, 7) is 4.98. The van der Waals surface area contributed by atoms with E-state index in [9.17, 15) is 4.79 Å². The summed E-state index contributed by atoms with van der Waals surface area (Å²) in [6.07, 6.45) is 0.155. The Morgan fingerprint density at radius 1 is 1.07 bits per heavy atom. The second kappa shape index (κ2) is 11.8. The molecule has 0 saturated heterocycles. The zero-order chi connectivity index (χ0) is 20.2. The first kappa shape index (κ1) is 21.4. The van der Waals surface area contributed by atoms with Gasteiger partial charge < -0.3 is 19.4 Å². The SMILES string of the molecule is CCOC(Cc1ccc(OCCC(C)=NOCc2ccccc2)cc1)C(=O)O. The fourth-order valence-corrected chi connectivity index (χ4v) is 2.51. The molecule has 1 atom stereocenters. The predicted molar refractivity (Wildman–Crippen MR) is 108 cm³/mol. The van der Waals surface area contributed by atoms with Gasteiger partial charge in [0.25, 0.3) is 0 Å². The summed E-state index contributed by atoms with van der Waals surface area (Å²) in [5.41, 5.74) is 2.82. The lowest BCUT2D eigenvalue weighted by Crippen LogP contribution is -2.26. The van der Waals surface area contributed by atoms with Crippen molar-refractivity contribution in [2.45, 2.75) is 39.4 Å². The average molecular weight is 385 g/mol. The highest BCUT2D eigenvalue weighted by atomic mass is 16.6. The highest BCUT2D eigenvalue weighted by Crippen LogP contribution is 2.15. The van der Waals surface area contributed by atoms with E-state index in [2.05, 4.69) is 5.16 Å². The molecule has 0 fully saturated rings. The van der Waals surface area contributed by atoms with Crippen LogP contribution in [-0.2, 0) is 27.4 Å². The molecule has 1 unspecified atom stereocenters. The topological polar surface area (TPSA) is 77.3 Å². The Morgan fingerprint density at radius 2 is 1.79 bits per heavy atom. The van der Waals surface area contributed by atoms with Crippen molar-refractivity contribution in [2.75, 3.05) is 13.2 Å². The third-order valence-electron chi connectivity index (χ3n) is 4.01. The lowest BCUT2D eigenvalue weighted by molar-refractivity contribution is -0.149. The number of carboxylic acids is 1. The van der Waals surface area contributed by atoms with E-state index in [-0.39, 0.29) is 0 Å². The maximum atomic E-state index is 11.2. The Bertz CT molecular complexity index is 743. The first-order valence-electron chi connectivity index (χ1n) is 9.34. The zero-order valence-corrected chi connectivity index (χ0v) is 16.3. The van der Waals surface area contributed by atoms with Crippen molar-refractivity contribution in [3.05, 3.63) is 65.7 Å². The van der Waals surface area contributed by atoms with Gasteiger partial charge >= 0.3 is 5.97 Å². The van der Waals surface area contributed by atoms with Gasteiger partial charge in [-0.1, -0.05) is 47.6 Å². The van der Waals surface area contributed by atoms with E-state index in [0.29, 0.717) is 32.7 Å². The number of hydrogen-bond donors (Lipinski definition) is 1. The van der Waals surface area contributed by atoms with Crippen LogP contribution in [0.3, 0.4) is 0 Å². The predicted octanol–water partition coefficient (Wildman–Crippen LogP) is 4.08. The van der Waals surface area contributed by atoms with Crippen LogP contribution in [0.15, 0.2) is 59.8 Å². The van der Waals surface area contributed by atoms with Crippen molar-refractivity contribution in [3.8, 4) is 5.75 Å². The van der Waals surface area contributed by atoms with E-state index in [1.165, 1.54) is 0 Å². The standard InChI is InChI=1S/C22H27NO5/c1-3-26-21(22(24)25)15-18-9-11-20(12-10-18)27-14-13-17(2)23-28-16-19-7-5-4-6-8-19/h4-12,21H,3,13-16H2,1-2H3,(H,24,25). The quantitative estimate of drug-likeness (QED) is 0.440. The van der Waals surface area contributed by atoms with Crippen LogP contribution in [0.4, 0.5) is 0 Å². The molecule has 0 aliphatic carbocycles. The second-order valence-electron chi connectivity index (χ2n) is 6.31. The van der Waals surface area contributed by atoms with E-state index in [4.69, 9.17) is 19.4 Å². The molecule has 150 valence electrons. The maximum absolute atomic E-state index is 11.2. The van der Waals surface area contributed by atoms with Crippen LogP contribution in [0, 0.1) is 0 Å². The van der Waals surface area contributed by atoms with Crippen LogP contribution in [0.2, 0.25) is 0 Å². The largest absolute Gasteiger partial charge is 0.493 e. The van der Waals surface area contributed by atoms with Crippen molar-refractivity contribution in [1.29, 1.82) is 0 Å². The molecule has 0 aliphatic heterocycles. The van der Waals surface area contributed by atoms with Gasteiger partial charge in [-0.05, 0) is 37.1 Å². The van der Waals surface area contributed by atoms with E-state index in [1.807, 2.05) is 61.5 Å². The molecule has 0 radical (unpaired) electrons. The number of ether oxygens (including phenoxy) is 2. The average Bonchev–Trinajstić information content (AvgIpc) is 2.69. The molecule has 0 aromatic heterocycles. The minimum Gasteiger partial charge on any atom is -0.493 e. The first-order chi connectivity index (χ1) is 13.6. The van der Waals surface area contributed by atoms with Gasteiger partial charge in [-0.25, -0.2) is 4.79 Å². The van der Waals surface area contributed by atoms with Gasteiger partial charge in [0, 0.05) is 19.4 Å². The summed E-state index contributed by atoms with van der Waals surface area (Å²) >= 11 is 0. The van der Waals surface area contributed by atoms with Crippen molar-refractivity contribution >= 4 is 11.7 Å². The Hall–Kier alpha value is -2.86. The highest BCUT2D eigenvalue weighted by molar-refractivity contribution is 5.81. The van der Waals surface area contributed by atoms with Crippen molar-refractivity contribution in [2.24, 2.45) is 5.16 Å². The maximum Gasteiger partial charge on any atom is 0.333 e. The number of carboxylic acid groups (broad SMARTS) is 1. The normalized spacial score (nSPS) is 12.4. The van der Waals surface area contributed by atoms with Gasteiger partial charge in [0.1, 0.15) is 12.4 Å². The molecular formula is C22H27NO5. The number of aliphatic carboxylic acids is 1. The number of hydrogen-bond acceptors (Lipinski definition) is 5. The fourth-order valence-electron chi connectivity index (χ4n) is 2.51. The van der Waals surface area contributed by atoms with Crippen LogP contribution < -0.4 is 4.74 Å². The molecule has 1 N–H and O–H groups in total. The molecule has 2 aromatic rings. The summed E-state index contributed by atoms with van der Waals surface area (Å²) in [5, 5.41) is 13.2. The third-order valence-corrected chi connectivity index (χ3v) is 4.01. The first-order valence-corrected chi connectivity index (χ1v) is 9.34. The lowest BCUT2D eigenvalue weighted by atomic mass is 10.1. The fraction of sp³-hybridized carbons (Fsp3) is 0.364. The van der Waals surface area contributed by atoms with Gasteiger partial charge in [0.05, 0.1) is 12.3 Å². The van der Waals surface area contributed by atoms with Crippen LogP contribution >= 0.6 is 0 Å². The Labute approximate surface area is 165 Å². The van der Waals surface area contributed by atoms with Gasteiger partial charge in [0.15, 0.2) is 6.10 Å². The number of oxime groups is 1. The molecule has 28 heavy (non-hydrogen) atoms. The summed E-state index contributed by atoms with van der Waals surface area (Å²) < 4.78 is 10.9. The van der Waals surface area contributed by atoms with E-state index in [1.54, 1.807) is 6.92 Å². The number of carbonyl (C=O) groups is 1. The number of benzene rings is 2. The minimum atomic E-state index is -0.952. The van der Waals surface area contributed by atoms with Crippen molar-refractivity contribution in [3.63, 3.8) is 0 Å². The summed E-state index contributed by atoms with van der Waals surface area (Å²) in [5.74, 6) is -0.225. The molecule has 6 heteroatoms. The smallest absolute Gasteiger partial charge is 0.333 e. The van der Waals surface area contributed by atoms with Crippen LogP contribution in [-0.4, -0.2) is 36.1 Å². The van der Waals surface area contributed by atoms with Crippen LogP contribution in [0.5, 0.6) is 5.75 Å². The van der Waals surface area contributed by atoms with Crippen molar-refractivity contribution < 1.29 is 24.2 Å². The summed E-state index contributed by atoms with van der Waals surface area (Å²) in [7, 11) is 0. The van der Waals surface area contributed by atoms with Crippen LogP contribution in [0.25, 0.3) is 0 Å². The molecule has 0 spiro atoms. The molecule has 2 aromatic carbocycles. The summed E-state index contributed by atoms with van der Waals surface area (Å²) in [6, 6.07) is 17.3. The van der Waals surface area contributed by atoms with Gasteiger partial charge in [-0.3, -0.25) is 0 Å². The molecule has 0 aliphatic rings. The Morgan fingerprint density at radius 3 is 2.43 bits per heavy atom. The number of nitrogens with zero attached hydrogens (tertiary/aromatic N) is 1. The van der Waals surface area contributed by atoms with Gasteiger partial charge in [-0.15, -0.1) is 0 Å². The van der Waals surface area contributed by atoms with Crippen molar-refractivity contribution in [1.82, 2.24) is 0 Å². The Kier molecular flexibility index (Phi) is 9.01. The molecule has 0 saturated carbocycles. The van der Waals surface area contributed by atoms with E-state index in [0.717, 1.165) is 22.6 Å². The number of rotatable bonds is 12. The molecule has 0 heterocycles. The monoisotopic (exact) mass is 385 g/mol. The Balaban J connectivity index is 1.72. The molecule has 0 amide bonds. The third kappa shape index (κ3) is 7.80. The molecule has 6 nitrogen and oxygen atoms in total. The van der Waals surface area contributed by atoms with E-state index < -0.39 is 12.1 Å². The van der Waals surface area contributed by atoms with Gasteiger partial charge in [0.2, 0.25) is 0 Å². The van der Waals surface area contributed by atoms with E-state index >= 15 is 0 Å². The molecular weight excluding hydrogens is 358 g/mol. The molecule has 2 rings (SSSR count). The lowest BCUT2D eigenvalue weighted by Gasteiger charge is -2.13.